The predicted molar refractivity (Wildman–Crippen MR) is 97.6 cm³/mol. The first kappa shape index (κ1) is 18.1. The summed E-state index contributed by atoms with van der Waals surface area (Å²) in [7, 11) is 0. The van der Waals surface area contributed by atoms with Crippen molar-refractivity contribution in [1.29, 1.82) is 0 Å². The lowest BCUT2D eigenvalue weighted by Crippen LogP contribution is -2.25. The van der Waals surface area contributed by atoms with Crippen LogP contribution in [0, 0.1) is 19.7 Å². The molecular weight excluding hydrogens is 357 g/mol. The quantitative estimate of drug-likeness (QED) is 0.647. The van der Waals surface area contributed by atoms with Crippen molar-refractivity contribution in [1.82, 2.24) is 25.3 Å². The highest BCUT2D eigenvalue weighted by Gasteiger charge is 2.12. The second-order valence-electron chi connectivity index (χ2n) is 5.99. The molecule has 2 aromatic heterocycles. The Balaban J connectivity index is 1.52. The molecule has 0 unspecified atom stereocenters. The number of aromatic nitrogens is 4. The number of hydrogen-bond acceptors (Lipinski definition) is 3. The van der Waals surface area contributed by atoms with Crippen LogP contribution in [-0.4, -0.2) is 32.4 Å². The van der Waals surface area contributed by atoms with Gasteiger partial charge in [-0.2, -0.15) is 10.2 Å². The average molecular weight is 376 g/mol. The van der Waals surface area contributed by atoms with E-state index >= 15 is 0 Å². The number of nitrogens with zero attached hydrogens (tertiary/aromatic N) is 3. The first-order chi connectivity index (χ1) is 12.5. The van der Waals surface area contributed by atoms with Crippen LogP contribution in [0.2, 0.25) is 5.02 Å². The largest absolute Gasteiger partial charge is 0.351 e. The number of nitrogens with one attached hydrogen (secondary N) is 2. The molecule has 0 aliphatic rings. The summed E-state index contributed by atoms with van der Waals surface area (Å²) < 4.78 is 14.8. The van der Waals surface area contributed by atoms with Gasteiger partial charge in [0.2, 0.25) is 0 Å². The number of hydrogen-bond donors (Lipinski definition) is 2. The summed E-state index contributed by atoms with van der Waals surface area (Å²) in [6.45, 7) is 4.95. The Morgan fingerprint density at radius 3 is 2.69 bits per heavy atom. The van der Waals surface area contributed by atoms with E-state index in [1.165, 1.54) is 12.1 Å². The summed E-state index contributed by atoms with van der Waals surface area (Å²) in [4.78, 5) is 12.2. The molecule has 0 saturated heterocycles. The van der Waals surface area contributed by atoms with Crippen molar-refractivity contribution in [3.8, 4) is 11.3 Å². The molecule has 6 nitrogen and oxygen atoms in total. The van der Waals surface area contributed by atoms with Crippen LogP contribution >= 0.6 is 11.6 Å². The van der Waals surface area contributed by atoms with Crippen LogP contribution < -0.4 is 5.32 Å². The summed E-state index contributed by atoms with van der Waals surface area (Å²) in [5.41, 5.74) is 3.42. The Bertz CT molecular complexity index is 916. The molecule has 1 amide bonds. The number of benzene rings is 1. The lowest BCUT2D eigenvalue weighted by atomic mass is 10.1. The Morgan fingerprint density at radius 2 is 2.04 bits per heavy atom. The van der Waals surface area contributed by atoms with Crippen molar-refractivity contribution in [2.24, 2.45) is 0 Å². The summed E-state index contributed by atoms with van der Waals surface area (Å²) in [6.07, 6.45) is 0.725. The maximum Gasteiger partial charge on any atom is 0.269 e. The van der Waals surface area contributed by atoms with Crippen molar-refractivity contribution in [3.05, 3.63) is 58.3 Å². The van der Waals surface area contributed by atoms with E-state index in [2.05, 4.69) is 20.6 Å². The first-order valence-corrected chi connectivity index (χ1v) is 8.62. The van der Waals surface area contributed by atoms with Gasteiger partial charge in [-0.25, -0.2) is 4.39 Å². The minimum Gasteiger partial charge on any atom is -0.351 e. The van der Waals surface area contributed by atoms with Gasteiger partial charge in [0.05, 0.1) is 22.1 Å². The molecule has 1 aromatic carbocycles. The molecule has 8 heteroatoms. The standard InChI is InChI=1S/C18H19ClFN5O/c1-11-17(19)12(2)25(24-11)9-3-8-21-18(26)16-10-15(22-23-16)13-4-6-14(20)7-5-13/h4-7,10H,3,8-9H2,1-2H3,(H,21,26)(H,22,23). The maximum atomic E-state index is 13.0. The normalized spacial score (nSPS) is 10.9. The average Bonchev–Trinajstić information content (AvgIpc) is 3.21. The van der Waals surface area contributed by atoms with Crippen molar-refractivity contribution >= 4 is 17.5 Å². The summed E-state index contributed by atoms with van der Waals surface area (Å²) in [5, 5.41) is 14.7. The third-order valence-electron chi connectivity index (χ3n) is 4.09. The number of carbonyl (C=O) groups excluding carboxylic acids is 1. The molecule has 0 atom stereocenters. The highest BCUT2D eigenvalue weighted by atomic mass is 35.5. The smallest absolute Gasteiger partial charge is 0.269 e. The number of halogens is 2. The Hall–Kier alpha value is -2.67. The van der Waals surface area contributed by atoms with Gasteiger partial charge in [0.1, 0.15) is 11.5 Å². The van der Waals surface area contributed by atoms with E-state index in [0.29, 0.717) is 29.5 Å². The van der Waals surface area contributed by atoms with Gasteiger partial charge in [-0.1, -0.05) is 11.6 Å². The van der Waals surface area contributed by atoms with E-state index in [4.69, 9.17) is 11.6 Å². The zero-order chi connectivity index (χ0) is 18.7. The maximum absolute atomic E-state index is 13.0. The van der Waals surface area contributed by atoms with Crippen LogP contribution in [0.25, 0.3) is 11.3 Å². The van der Waals surface area contributed by atoms with E-state index in [0.717, 1.165) is 23.4 Å². The summed E-state index contributed by atoms with van der Waals surface area (Å²) in [6, 6.07) is 7.59. The summed E-state index contributed by atoms with van der Waals surface area (Å²) >= 11 is 6.12. The van der Waals surface area contributed by atoms with Crippen LogP contribution in [0.4, 0.5) is 4.39 Å². The van der Waals surface area contributed by atoms with Crippen molar-refractivity contribution in [3.63, 3.8) is 0 Å². The van der Waals surface area contributed by atoms with E-state index in [-0.39, 0.29) is 11.7 Å². The van der Waals surface area contributed by atoms with Crippen LogP contribution in [-0.2, 0) is 6.54 Å². The first-order valence-electron chi connectivity index (χ1n) is 8.25. The Kier molecular flexibility index (Phi) is 5.37. The van der Waals surface area contributed by atoms with Gasteiger partial charge in [-0.15, -0.1) is 0 Å². The fourth-order valence-corrected chi connectivity index (χ4v) is 2.76. The molecule has 3 rings (SSSR count). The zero-order valence-electron chi connectivity index (χ0n) is 14.5. The van der Waals surface area contributed by atoms with Gasteiger partial charge in [0.15, 0.2) is 0 Å². The number of amides is 1. The Labute approximate surface area is 155 Å². The molecule has 0 radical (unpaired) electrons. The highest BCUT2D eigenvalue weighted by molar-refractivity contribution is 6.31. The molecule has 0 spiro atoms. The van der Waals surface area contributed by atoms with E-state index < -0.39 is 0 Å². The SMILES string of the molecule is Cc1nn(CCCNC(=O)c2cc(-c3ccc(F)cc3)n[nH]2)c(C)c1Cl. The topological polar surface area (TPSA) is 75.6 Å². The lowest BCUT2D eigenvalue weighted by Gasteiger charge is -2.05. The van der Waals surface area contributed by atoms with Gasteiger partial charge in [0, 0.05) is 18.7 Å². The fraction of sp³-hybridized carbons (Fsp3) is 0.278. The molecule has 0 saturated carbocycles. The lowest BCUT2D eigenvalue weighted by molar-refractivity contribution is 0.0947. The number of carbonyl (C=O) groups is 1. The second kappa shape index (κ2) is 7.70. The molecule has 3 aromatic rings. The van der Waals surface area contributed by atoms with Gasteiger partial charge < -0.3 is 5.32 Å². The molecule has 0 bridgehead atoms. The van der Waals surface area contributed by atoms with Gasteiger partial charge in [0.25, 0.3) is 5.91 Å². The van der Waals surface area contributed by atoms with Crippen LogP contribution in [0.15, 0.2) is 30.3 Å². The molecule has 2 heterocycles. The molecule has 2 N–H and O–H groups in total. The number of rotatable bonds is 6. The van der Waals surface area contributed by atoms with Crippen LogP contribution in [0.1, 0.15) is 28.3 Å². The minimum atomic E-state index is -0.314. The fourth-order valence-electron chi connectivity index (χ4n) is 2.63. The van der Waals surface area contributed by atoms with Crippen molar-refractivity contribution in [2.45, 2.75) is 26.8 Å². The molecule has 0 aliphatic carbocycles. The number of H-pyrrole nitrogens is 1. The molecule has 136 valence electrons. The predicted octanol–water partition coefficient (Wildman–Crippen LogP) is 3.50. The Morgan fingerprint density at radius 1 is 1.31 bits per heavy atom. The molecule has 0 fully saturated rings. The van der Waals surface area contributed by atoms with E-state index in [1.54, 1.807) is 18.2 Å². The van der Waals surface area contributed by atoms with Crippen molar-refractivity contribution in [2.75, 3.05) is 6.54 Å². The van der Waals surface area contributed by atoms with Gasteiger partial charge >= 0.3 is 0 Å². The monoisotopic (exact) mass is 375 g/mol. The van der Waals surface area contributed by atoms with E-state index in [1.807, 2.05) is 18.5 Å². The third kappa shape index (κ3) is 3.94. The van der Waals surface area contributed by atoms with Crippen molar-refractivity contribution < 1.29 is 9.18 Å². The minimum absolute atomic E-state index is 0.239. The van der Waals surface area contributed by atoms with Crippen LogP contribution in [0.3, 0.4) is 0 Å². The van der Waals surface area contributed by atoms with Gasteiger partial charge in [-0.3, -0.25) is 14.6 Å². The molecular formula is C18H19ClFN5O. The van der Waals surface area contributed by atoms with E-state index in [9.17, 15) is 9.18 Å². The molecule has 26 heavy (non-hydrogen) atoms. The zero-order valence-corrected chi connectivity index (χ0v) is 15.3. The summed E-state index contributed by atoms with van der Waals surface area (Å²) in [5.74, 6) is -0.552. The van der Waals surface area contributed by atoms with Gasteiger partial charge in [-0.05, 0) is 50.6 Å². The third-order valence-corrected chi connectivity index (χ3v) is 4.63. The number of aryl methyl sites for hydroxylation is 2. The van der Waals surface area contributed by atoms with Crippen LogP contribution in [0.5, 0.6) is 0 Å². The number of aromatic amines is 1. The second-order valence-corrected chi connectivity index (χ2v) is 6.37. The molecule has 0 aliphatic heterocycles. The highest BCUT2D eigenvalue weighted by Crippen LogP contribution is 2.19.